The van der Waals surface area contributed by atoms with Crippen molar-refractivity contribution in [3.05, 3.63) is 35.1 Å². The second-order valence-corrected chi connectivity index (χ2v) is 4.13. The van der Waals surface area contributed by atoms with E-state index in [1.807, 2.05) is 6.08 Å². The average Bonchev–Trinajstić information content (AvgIpc) is 2.62. The van der Waals surface area contributed by atoms with E-state index in [1.165, 1.54) is 43.1 Å². The van der Waals surface area contributed by atoms with Gasteiger partial charge in [-0.2, -0.15) is 0 Å². The highest BCUT2D eigenvalue weighted by Gasteiger charge is 2.13. The van der Waals surface area contributed by atoms with Gasteiger partial charge in [0.1, 0.15) is 0 Å². The molecule has 0 saturated carbocycles. The van der Waals surface area contributed by atoms with Crippen LogP contribution in [0.4, 0.5) is 0 Å². The monoisotopic (exact) mass is 206 g/mol. The van der Waals surface area contributed by atoms with Crippen LogP contribution in [0.2, 0.25) is 0 Å². The number of hydrogen-bond donors (Lipinski definition) is 1. The van der Waals surface area contributed by atoms with Gasteiger partial charge in [0.25, 0.3) is 0 Å². The minimum atomic E-state index is 1.02. The summed E-state index contributed by atoms with van der Waals surface area (Å²) in [6.07, 6.45) is 12.6. The molecule has 1 aliphatic carbocycles. The molecule has 0 aromatic carbocycles. The third kappa shape index (κ3) is 3.26. The van der Waals surface area contributed by atoms with Crippen LogP contribution in [-0.4, -0.2) is 5.11 Å². The topological polar surface area (TPSA) is 20.2 Å². The number of hydrogen-bond acceptors (Lipinski definition) is 1. The fraction of sp³-hybridized carbons (Fsp3) is 0.571. The Morgan fingerprint density at radius 3 is 2.47 bits per heavy atom. The Kier molecular flexibility index (Phi) is 5.23. The van der Waals surface area contributed by atoms with Crippen LogP contribution in [0.25, 0.3) is 0 Å². The standard InChI is InChI=1S/C14H22O/c1-3-5-6-8-14-12(7-4-2)9-10-13(14)11-15/h9-11,15H,3-8H2,1-2H3. The van der Waals surface area contributed by atoms with Crippen molar-refractivity contribution in [3.8, 4) is 0 Å². The minimum Gasteiger partial charge on any atom is -0.515 e. The van der Waals surface area contributed by atoms with Gasteiger partial charge in [-0.15, -0.1) is 0 Å². The average molecular weight is 206 g/mol. The molecule has 0 saturated heterocycles. The largest absolute Gasteiger partial charge is 0.515 e. The quantitative estimate of drug-likeness (QED) is 0.494. The lowest BCUT2D eigenvalue weighted by Crippen LogP contribution is -1.89. The van der Waals surface area contributed by atoms with Crippen LogP contribution in [0.15, 0.2) is 35.1 Å². The third-order valence-electron chi connectivity index (χ3n) is 2.89. The van der Waals surface area contributed by atoms with E-state index in [0.717, 1.165) is 18.4 Å². The van der Waals surface area contributed by atoms with E-state index in [-0.39, 0.29) is 0 Å². The molecule has 0 aliphatic heterocycles. The molecule has 0 unspecified atom stereocenters. The number of aliphatic hydroxyl groups is 1. The van der Waals surface area contributed by atoms with Crippen molar-refractivity contribution in [3.63, 3.8) is 0 Å². The van der Waals surface area contributed by atoms with Gasteiger partial charge in [-0.25, -0.2) is 0 Å². The normalized spacial score (nSPS) is 18.1. The molecule has 1 N–H and O–H groups in total. The summed E-state index contributed by atoms with van der Waals surface area (Å²) in [5, 5.41) is 9.13. The van der Waals surface area contributed by atoms with Gasteiger partial charge in [0.05, 0.1) is 6.26 Å². The van der Waals surface area contributed by atoms with Gasteiger partial charge in [-0.3, -0.25) is 0 Å². The molecule has 0 amide bonds. The van der Waals surface area contributed by atoms with Gasteiger partial charge < -0.3 is 5.11 Å². The first-order valence-corrected chi connectivity index (χ1v) is 6.08. The summed E-state index contributed by atoms with van der Waals surface area (Å²) in [5.41, 5.74) is 3.82. The van der Waals surface area contributed by atoms with Crippen LogP contribution in [0, 0.1) is 0 Å². The van der Waals surface area contributed by atoms with E-state index >= 15 is 0 Å². The Hall–Kier alpha value is -0.980. The molecule has 1 aliphatic rings. The van der Waals surface area contributed by atoms with Gasteiger partial charge in [0.15, 0.2) is 0 Å². The van der Waals surface area contributed by atoms with Crippen LogP contribution in [0.5, 0.6) is 0 Å². The molecule has 84 valence electrons. The zero-order valence-electron chi connectivity index (χ0n) is 9.92. The lowest BCUT2D eigenvalue weighted by molar-refractivity contribution is 0.469. The first-order valence-electron chi connectivity index (χ1n) is 6.08. The van der Waals surface area contributed by atoms with Gasteiger partial charge in [0.2, 0.25) is 0 Å². The maximum absolute atomic E-state index is 9.13. The zero-order valence-corrected chi connectivity index (χ0v) is 9.92. The Morgan fingerprint density at radius 1 is 1.07 bits per heavy atom. The fourth-order valence-electron chi connectivity index (χ4n) is 2.06. The zero-order chi connectivity index (χ0) is 11.1. The molecular formula is C14H22O. The van der Waals surface area contributed by atoms with Crippen LogP contribution in [-0.2, 0) is 0 Å². The summed E-state index contributed by atoms with van der Waals surface area (Å²) in [6, 6.07) is 0. The smallest absolute Gasteiger partial charge is 0.0866 e. The molecular weight excluding hydrogens is 184 g/mol. The van der Waals surface area contributed by atoms with E-state index < -0.39 is 0 Å². The second-order valence-electron chi connectivity index (χ2n) is 4.13. The van der Waals surface area contributed by atoms with E-state index in [1.54, 1.807) is 0 Å². The Bertz CT molecular complexity index is 282. The first-order chi connectivity index (χ1) is 7.33. The summed E-state index contributed by atoms with van der Waals surface area (Å²) >= 11 is 0. The highest BCUT2D eigenvalue weighted by atomic mass is 16.2. The van der Waals surface area contributed by atoms with Crippen molar-refractivity contribution in [1.29, 1.82) is 0 Å². The van der Waals surface area contributed by atoms with Crippen molar-refractivity contribution >= 4 is 0 Å². The molecule has 0 aromatic heterocycles. The highest BCUT2D eigenvalue weighted by molar-refractivity contribution is 5.52. The van der Waals surface area contributed by atoms with Crippen LogP contribution >= 0.6 is 0 Å². The molecule has 1 heteroatoms. The number of aliphatic hydroxyl groups excluding tert-OH is 1. The fourth-order valence-corrected chi connectivity index (χ4v) is 2.06. The Labute approximate surface area is 93.2 Å². The molecule has 0 atom stereocenters. The van der Waals surface area contributed by atoms with E-state index in [2.05, 4.69) is 19.9 Å². The molecule has 0 spiro atoms. The van der Waals surface area contributed by atoms with Gasteiger partial charge in [-0.05, 0) is 30.4 Å². The third-order valence-corrected chi connectivity index (χ3v) is 2.89. The van der Waals surface area contributed by atoms with Crippen molar-refractivity contribution in [2.75, 3.05) is 0 Å². The predicted molar refractivity (Wildman–Crippen MR) is 65.9 cm³/mol. The molecule has 0 fully saturated rings. The summed E-state index contributed by atoms with van der Waals surface area (Å²) < 4.78 is 0. The lowest BCUT2D eigenvalue weighted by atomic mass is 9.98. The lowest BCUT2D eigenvalue weighted by Gasteiger charge is -2.07. The number of rotatable bonds is 6. The first kappa shape index (κ1) is 12.1. The van der Waals surface area contributed by atoms with E-state index in [9.17, 15) is 0 Å². The molecule has 0 heterocycles. The SMILES string of the molecule is CCCCCC1=C(CCC)C=CC1=CO. The summed E-state index contributed by atoms with van der Waals surface area (Å²) in [6.45, 7) is 4.42. The van der Waals surface area contributed by atoms with Gasteiger partial charge in [-0.1, -0.05) is 45.3 Å². The Balaban J connectivity index is 2.64. The summed E-state index contributed by atoms with van der Waals surface area (Å²) in [5.74, 6) is 0. The molecule has 0 radical (unpaired) electrons. The van der Waals surface area contributed by atoms with Crippen molar-refractivity contribution in [2.45, 2.75) is 52.4 Å². The van der Waals surface area contributed by atoms with Gasteiger partial charge in [0, 0.05) is 5.57 Å². The molecule has 1 rings (SSSR count). The maximum atomic E-state index is 9.13. The van der Waals surface area contributed by atoms with Crippen LogP contribution < -0.4 is 0 Å². The highest BCUT2D eigenvalue weighted by Crippen LogP contribution is 2.31. The molecule has 0 bridgehead atoms. The molecule has 0 aromatic rings. The van der Waals surface area contributed by atoms with E-state index in [0.29, 0.717) is 0 Å². The van der Waals surface area contributed by atoms with Crippen molar-refractivity contribution < 1.29 is 5.11 Å². The van der Waals surface area contributed by atoms with Crippen LogP contribution in [0.1, 0.15) is 52.4 Å². The Morgan fingerprint density at radius 2 is 1.87 bits per heavy atom. The summed E-state index contributed by atoms with van der Waals surface area (Å²) in [7, 11) is 0. The molecule has 1 nitrogen and oxygen atoms in total. The van der Waals surface area contributed by atoms with E-state index in [4.69, 9.17) is 5.11 Å². The summed E-state index contributed by atoms with van der Waals surface area (Å²) in [4.78, 5) is 0. The molecule has 15 heavy (non-hydrogen) atoms. The van der Waals surface area contributed by atoms with Gasteiger partial charge >= 0.3 is 0 Å². The minimum absolute atomic E-state index is 1.02. The van der Waals surface area contributed by atoms with Crippen LogP contribution in [0.3, 0.4) is 0 Å². The number of allylic oxidation sites excluding steroid dienone is 5. The second kappa shape index (κ2) is 6.49. The van der Waals surface area contributed by atoms with Crippen molar-refractivity contribution in [2.24, 2.45) is 0 Å². The predicted octanol–water partition coefficient (Wildman–Crippen LogP) is 4.68. The maximum Gasteiger partial charge on any atom is 0.0866 e. The number of unbranched alkanes of at least 4 members (excludes halogenated alkanes) is 2. The van der Waals surface area contributed by atoms with Crippen molar-refractivity contribution in [1.82, 2.24) is 0 Å².